The molecule has 6 heteroatoms. The second-order valence-corrected chi connectivity index (χ2v) is 6.07. The molecular formula is C18H11ClFN3O. The lowest BCUT2D eigenvalue weighted by Gasteiger charge is -2.18. The number of hydrogen-bond acceptors (Lipinski definition) is 2. The molecule has 1 amide bonds. The van der Waals surface area contributed by atoms with Crippen molar-refractivity contribution < 1.29 is 9.18 Å². The van der Waals surface area contributed by atoms with E-state index in [0.29, 0.717) is 40.5 Å². The minimum absolute atomic E-state index is 0.168. The van der Waals surface area contributed by atoms with E-state index in [1.54, 1.807) is 30.3 Å². The fourth-order valence-electron chi connectivity index (χ4n) is 3.18. The third kappa shape index (κ3) is 2.15. The van der Waals surface area contributed by atoms with Crippen molar-refractivity contribution in [2.45, 2.75) is 6.54 Å². The molecule has 0 saturated carbocycles. The van der Waals surface area contributed by atoms with Crippen LogP contribution in [0.2, 0.25) is 5.02 Å². The lowest BCUT2D eigenvalue weighted by Crippen LogP contribution is -2.34. The number of carbonyl (C=O) groups is 1. The average molecular weight is 340 g/mol. The molecule has 118 valence electrons. The standard InChI is InChI=1S/C18H11ClFN3O/c19-12-1-2-13(15(20)8-12)14-6-10(9-21)5-11-7-16-18(24)22-3-4-23(16)17(11)14/h1-2,5-8H,3-4H2,(H,22,24). The number of nitrogens with one attached hydrogen (secondary N) is 1. The summed E-state index contributed by atoms with van der Waals surface area (Å²) in [6, 6.07) is 11.6. The summed E-state index contributed by atoms with van der Waals surface area (Å²) in [6.07, 6.45) is 0. The number of nitriles is 1. The molecule has 1 N–H and O–H groups in total. The van der Waals surface area contributed by atoms with Gasteiger partial charge in [-0.1, -0.05) is 11.6 Å². The molecule has 4 rings (SSSR count). The molecule has 2 heterocycles. The topological polar surface area (TPSA) is 57.8 Å². The molecular weight excluding hydrogens is 329 g/mol. The minimum atomic E-state index is -0.463. The first kappa shape index (κ1) is 14.7. The maximum absolute atomic E-state index is 14.5. The molecule has 0 saturated heterocycles. The van der Waals surface area contributed by atoms with Crippen LogP contribution in [0, 0.1) is 17.1 Å². The molecule has 0 radical (unpaired) electrons. The van der Waals surface area contributed by atoms with E-state index < -0.39 is 5.82 Å². The number of amides is 1. The van der Waals surface area contributed by atoms with Gasteiger partial charge in [0.1, 0.15) is 11.5 Å². The molecule has 4 nitrogen and oxygen atoms in total. The van der Waals surface area contributed by atoms with E-state index >= 15 is 0 Å². The molecule has 0 fully saturated rings. The first-order chi connectivity index (χ1) is 11.6. The summed E-state index contributed by atoms with van der Waals surface area (Å²) in [5.74, 6) is -0.631. The van der Waals surface area contributed by atoms with Crippen molar-refractivity contribution in [3.05, 3.63) is 58.5 Å². The Morgan fingerprint density at radius 1 is 1.21 bits per heavy atom. The highest BCUT2D eigenvalue weighted by molar-refractivity contribution is 6.30. The van der Waals surface area contributed by atoms with Crippen LogP contribution < -0.4 is 5.32 Å². The summed E-state index contributed by atoms with van der Waals surface area (Å²) in [7, 11) is 0. The summed E-state index contributed by atoms with van der Waals surface area (Å²) in [5.41, 5.74) is 2.62. The number of fused-ring (bicyclic) bond motifs is 3. The van der Waals surface area contributed by atoms with Crippen LogP contribution in [-0.4, -0.2) is 17.0 Å². The van der Waals surface area contributed by atoms with Gasteiger partial charge in [-0.25, -0.2) is 4.39 Å². The van der Waals surface area contributed by atoms with Crippen LogP contribution >= 0.6 is 11.6 Å². The van der Waals surface area contributed by atoms with Gasteiger partial charge >= 0.3 is 0 Å². The zero-order valence-corrected chi connectivity index (χ0v) is 13.2. The molecule has 24 heavy (non-hydrogen) atoms. The van der Waals surface area contributed by atoms with Crippen LogP contribution in [0.25, 0.3) is 22.0 Å². The Labute approximate surface area is 142 Å². The van der Waals surface area contributed by atoms with Crippen molar-refractivity contribution in [3.8, 4) is 17.2 Å². The third-order valence-electron chi connectivity index (χ3n) is 4.20. The molecule has 0 unspecified atom stereocenters. The van der Waals surface area contributed by atoms with E-state index in [1.807, 2.05) is 4.57 Å². The normalized spacial score (nSPS) is 13.5. The Bertz CT molecular complexity index is 1050. The number of aromatic nitrogens is 1. The van der Waals surface area contributed by atoms with Crippen LogP contribution in [0.5, 0.6) is 0 Å². The van der Waals surface area contributed by atoms with Crippen molar-refractivity contribution in [2.24, 2.45) is 0 Å². The second kappa shape index (κ2) is 5.36. The summed E-state index contributed by atoms with van der Waals surface area (Å²) >= 11 is 5.84. The molecule has 0 bridgehead atoms. The molecule has 0 spiro atoms. The van der Waals surface area contributed by atoms with Crippen LogP contribution in [-0.2, 0) is 6.54 Å². The maximum atomic E-state index is 14.5. The molecule has 1 aliphatic rings. The Kier molecular flexibility index (Phi) is 3.29. The lowest BCUT2D eigenvalue weighted by molar-refractivity contribution is 0.0929. The fourth-order valence-corrected chi connectivity index (χ4v) is 3.34. The SMILES string of the molecule is N#Cc1cc(-c2ccc(Cl)cc2F)c2c(c1)cc1n2CCNC1=O. The van der Waals surface area contributed by atoms with E-state index in [-0.39, 0.29) is 5.91 Å². The van der Waals surface area contributed by atoms with Gasteiger partial charge in [-0.3, -0.25) is 4.79 Å². The summed E-state index contributed by atoms with van der Waals surface area (Å²) in [4.78, 5) is 12.1. The second-order valence-electron chi connectivity index (χ2n) is 5.63. The van der Waals surface area contributed by atoms with Crippen molar-refractivity contribution >= 4 is 28.4 Å². The molecule has 1 aliphatic heterocycles. The van der Waals surface area contributed by atoms with Gasteiger partial charge < -0.3 is 9.88 Å². The molecule has 1 aromatic heterocycles. The third-order valence-corrected chi connectivity index (χ3v) is 4.43. The maximum Gasteiger partial charge on any atom is 0.268 e. The summed E-state index contributed by atoms with van der Waals surface area (Å²) in [6.45, 7) is 1.11. The average Bonchev–Trinajstić information content (AvgIpc) is 2.94. The molecule has 2 aromatic carbocycles. The van der Waals surface area contributed by atoms with Crippen molar-refractivity contribution in [3.63, 3.8) is 0 Å². The highest BCUT2D eigenvalue weighted by atomic mass is 35.5. The number of benzene rings is 2. The Balaban J connectivity index is 2.10. The van der Waals surface area contributed by atoms with Crippen LogP contribution in [0.1, 0.15) is 16.1 Å². The Morgan fingerprint density at radius 3 is 2.79 bits per heavy atom. The molecule has 0 aliphatic carbocycles. The fraction of sp³-hybridized carbons (Fsp3) is 0.111. The van der Waals surface area contributed by atoms with E-state index in [0.717, 1.165) is 10.9 Å². The lowest BCUT2D eigenvalue weighted by atomic mass is 9.99. The highest BCUT2D eigenvalue weighted by Crippen LogP contribution is 2.35. The van der Waals surface area contributed by atoms with Gasteiger partial charge in [-0.15, -0.1) is 0 Å². The number of carbonyl (C=O) groups excluding carboxylic acids is 1. The molecule has 3 aromatic rings. The number of halogens is 2. The van der Waals surface area contributed by atoms with E-state index in [2.05, 4.69) is 11.4 Å². The van der Waals surface area contributed by atoms with E-state index in [9.17, 15) is 14.4 Å². The minimum Gasteiger partial charge on any atom is -0.349 e. The van der Waals surface area contributed by atoms with Crippen molar-refractivity contribution in [1.82, 2.24) is 9.88 Å². The summed E-state index contributed by atoms with van der Waals surface area (Å²) < 4.78 is 16.3. The van der Waals surface area contributed by atoms with Crippen LogP contribution in [0.4, 0.5) is 4.39 Å². The van der Waals surface area contributed by atoms with E-state index in [1.165, 1.54) is 6.07 Å². The predicted octanol–water partition coefficient (Wildman–Crippen LogP) is 3.72. The Hall–Kier alpha value is -2.84. The highest BCUT2D eigenvalue weighted by Gasteiger charge is 2.23. The summed E-state index contributed by atoms with van der Waals surface area (Å²) in [5, 5.41) is 13.1. The van der Waals surface area contributed by atoms with Gasteiger partial charge in [0, 0.05) is 34.6 Å². The Morgan fingerprint density at radius 2 is 2.04 bits per heavy atom. The van der Waals surface area contributed by atoms with Gasteiger partial charge in [-0.2, -0.15) is 5.26 Å². The van der Waals surface area contributed by atoms with Crippen LogP contribution in [0.15, 0.2) is 36.4 Å². The van der Waals surface area contributed by atoms with E-state index in [4.69, 9.17) is 11.6 Å². The van der Waals surface area contributed by atoms with Gasteiger partial charge in [0.15, 0.2) is 0 Å². The van der Waals surface area contributed by atoms with Crippen molar-refractivity contribution in [1.29, 1.82) is 5.26 Å². The molecule has 0 atom stereocenters. The largest absolute Gasteiger partial charge is 0.349 e. The zero-order chi connectivity index (χ0) is 16.8. The van der Waals surface area contributed by atoms with Gasteiger partial charge in [-0.05, 0) is 36.4 Å². The van der Waals surface area contributed by atoms with Gasteiger partial charge in [0.05, 0.1) is 17.1 Å². The smallest absolute Gasteiger partial charge is 0.268 e. The van der Waals surface area contributed by atoms with Crippen LogP contribution in [0.3, 0.4) is 0 Å². The number of rotatable bonds is 1. The monoisotopic (exact) mass is 339 g/mol. The van der Waals surface area contributed by atoms with Gasteiger partial charge in [0.25, 0.3) is 5.91 Å². The first-order valence-corrected chi connectivity index (χ1v) is 7.77. The zero-order valence-electron chi connectivity index (χ0n) is 12.4. The van der Waals surface area contributed by atoms with Crippen molar-refractivity contribution in [2.75, 3.05) is 6.54 Å². The van der Waals surface area contributed by atoms with Gasteiger partial charge in [0.2, 0.25) is 0 Å². The predicted molar refractivity (Wildman–Crippen MR) is 89.4 cm³/mol. The number of nitrogens with zero attached hydrogens (tertiary/aromatic N) is 2. The first-order valence-electron chi connectivity index (χ1n) is 7.39. The quantitative estimate of drug-likeness (QED) is 0.734. The number of hydrogen-bond donors (Lipinski definition) is 1.